The zero-order chi connectivity index (χ0) is 15.2. The van der Waals surface area contributed by atoms with Gasteiger partial charge in [0.05, 0.1) is 5.02 Å². The van der Waals surface area contributed by atoms with Crippen molar-refractivity contribution in [1.29, 1.82) is 0 Å². The van der Waals surface area contributed by atoms with Crippen molar-refractivity contribution in [1.82, 2.24) is 9.88 Å². The Hall–Kier alpha value is -1.32. The van der Waals surface area contributed by atoms with Gasteiger partial charge in [-0.05, 0) is 48.7 Å². The Kier molecular flexibility index (Phi) is 5.83. The second kappa shape index (κ2) is 7.62. The Balaban J connectivity index is 2.06. The number of halogens is 2. The van der Waals surface area contributed by atoms with E-state index in [1.54, 1.807) is 6.07 Å². The molecule has 1 unspecified atom stereocenters. The van der Waals surface area contributed by atoms with Crippen molar-refractivity contribution in [2.45, 2.75) is 39.3 Å². The maximum atomic E-state index is 13.5. The second-order valence-electron chi connectivity index (χ2n) is 5.28. The molecule has 0 bridgehead atoms. The Bertz CT molecular complexity index is 580. The molecular weight excluding hydrogens is 287 g/mol. The first kappa shape index (κ1) is 16.1. The monoisotopic (exact) mass is 308 g/mol. The molecule has 0 saturated heterocycles. The average Bonchev–Trinajstić information content (AvgIpc) is 2.92. The lowest BCUT2D eigenvalue weighted by Crippen LogP contribution is -2.21. The van der Waals surface area contributed by atoms with Crippen molar-refractivity contribution in [3.8, 4) is 0 Å². The number of hydrogen-bond acceptors (Lipinski definition) is 1. The summed E-state index contributed by atoms with van der Waals surface area (Å²) in [4.78, 5) is 0. The van der Waals surface area contributed by atoms with Crippen molar-refractivity contribution >= 4 is 11.6 Å². The van der Waals surface area contributed by atoms with Crippen LogP contribution in [0.5, 0.6) is 0 Å². The van der Waals surface area contributed by atoms with Crippen LogP contribution in [0.2, 0.25) is 5.02 Å². The fraction of sp³-hybridized carbons (Fsp3) is 0.412. The molecule has 0 spiro atoms. The van der Waals surface area contributed by atoms with Crippen LogP contribution in [0.3, 0.4) is 0 Å². The predicted molar refractivity (Wildman–Crippen MR) is 86.3 cm³/mol. The molecule has 0 radical (unpaired) electrons. The number of rotatable bonds is 7. The van der Waals surface area contributed by atoms with E-state index in [-0.39, 0.29) is 10.8 Å². The molecule has 4 heteroatoms. The van der Waals surface area contributed by atoms with Gasteiger partial charge in [-0.1, -0.05) is 31.5 Å². The lowest BCUT2D eigenvalue weighted by Gasteiger charge is -2.15. The molecule has 0 aliphatic rings. The van der Waals surface area contributed by atoms with Crippen molar-refractivity contribution < 1.29 is 4.39 Å². The van der Waals surface area contributed by atoms with E-state index in [1.807, 2.05) is 12.3 Å². The summed E-state index contributed by atoms with van der Waals surface area (Å²) in [6, 6.07) is 7.47. The van der Waals surface area contributed by atoms with Crippen LogP contribution in [0.25, 0.3) is 0 Å². The molecule has 1 N–H and O–H groups in total. The minimum Gasteiger partial charge on any atom is -0.350 e. The molecule has 0 saturated carbocycles. The molecule has 1 aromatic heterocycles. The highest BCUT2D eigenvalue weighted by molar-refractivity contribution is 6.30. The molecule has 0 aliphatic carbocycles. The van der Waals surface area contributed by atoms with Gasteiger partial charge in [-0.15, -0.1) is 0 Å². The SMILES string of the molecule is CCCNC(CC)c1ccn(Cc2ccc(Cl)c(F)c2)c1. The largest absolute Gasteiger partial charge is 0.350 e. The quantitative estimate of drug-likeness (QED) is 0.779. The average molecular weight is 309 g/mol. The molecule has 2 rings (SSSR count). The number of hydrogen-bond donors (Lipinski definition) is 1. The lowest BCUT2D eigenvalue weighted by atomic mass is 10.1. The molecule has 114 valence electrons. The Morgan fingerprint density at radius 1 is 1.29 bits per heavy atom. The van der Waals surface area contributed by atoms with Crippen molar-refractivity contribution in [2.75, 3.05) is 6.54 Å². The summed E-state index contributed by atoms with van der Waals surface area (Å²) in [5.41, 5.74) is 2.19. The molecule has 1 heterocycles. The van der Waals surface area contributed by atoms with Gasteiger partial charge in [0, 0.05) is 25.0 Å². The van der Waals surface area contributed by atoms with Crippen molar-refractivity contribution in [3.63, 3.8) is 0 Å². The highest BCUT2D eigenvalue weighted by atomic mass is 35.5. The van der Waals surface area contributed by atoms with Gasteiger partial charge in [0.25, 0.3) is 0 Å². The van der Waals surface area contributed by atoms with Crippen LogP contribution < -0.4 is 5.32 Å². The van der Waals surface area contributed by atoms with Gasteiger partial charge in [-0.3, -0.25) is 0 Å². The molecule has 1 atom stereocenters. The van der Waals surface area contributed by atoms with Crippen LogP contribution in [0.4, 0.5) is 4.39 Å². The third-order valence-electron chi connectivity index (χ3n) is 3.57. The third-order valence-corrected chi connectivity index (χ3v) is 3.88. The van der Waals surface area contributed by atoms with Crippen LogP contribution in [0, 0.1) is 5.82 Å². The minimum absolute atomic E-state index is 0.168. The summed E-state index contributed by atoms with van der Waals surface area (Å²) >= 11 is 5.71. The number of benzene rings is 1. The molecule has 1 aromatic carbocycles. The van der Waals surface area contributed by atoms with E-state index in [9.17, 15) is 4.39 Å². The Labute approximate surface area is 130 Å². The molecule has 2 aromatic rings. The van der Waals surface area contributed by atoms with Crippen molar-refractivity contribution in [3.05, 3.63) is 58.6 Å². The highest BCUT2D eigenvalue weighted by Crippen LogP contribution is 2.19. The van der Waals surface area contributed by atoms with E-state index >= 15 is 0 Å². The summed E-state index contributed by atoms with van der Waals surface area (Å²) in [6.45, 7) is 6.02. The first-order valence-electron chi connectivity index (χ1n) is 7.47. The van der Waals surface area contributed by atoms with E-state index in [4.69, 9.17) is 11.6 Å². The van der Waals surface area contributed by atoms with Gasteiger partial charge in [0.2, 0.25) is 0 Å². The van der Waals surface area contributed by atoms with Gasteiger partial charge in [-0.2, -0.15) is 0 Å². The summed E-state index contributed by atoms with van der Waals surface area (Å²) in [6.07, 6.45) is 6.35. The fourth-order valence-electron chi connectivity index (χ4n) is 2.43. The molecular formula is C17H22ClFN2. The summed E-state index contributed by atoms with van der Waals surface area (Å²) in [7, 11) is 0. The summed E-state index contributed by atoms with van der Waals surface area (Å²) in [5.74, 6) is -0.363. The standard InChI is InChI=1S/C17H22ClFN2/c1-3-8-20-17(4-2)14-7-9-21(12-14)11-13-5-6-15(18)16(19)10-13/h5-7,9-10,12,17,20H,3-4,8,11H2,1-2H3. The van der Waals surface area contributed by atoms with Crippen LogP contribution in [-0.2, 0) is 6.54 Å². The van der Waals surface area contributed by atoms with E-state index in [2.05, 4.69) is 36.0 Å². The molecule has 0 fully saturated rings. The number of nitrogens with one attached hydrogen (secondary N) is 1. The third kappa shape index (κ3) is 4.32. The Morgan fingerprint density at radius 3 is 2.76 bits per heavy atom. The Morgan fingerprint density at radius 2 is 2.10 bits per heavy atom. The maximum Gasteiger partial charge on any atom is 0.142 e. The number of aromatic nitrogens is 1. The van der Waals surface area contributed by atoms with E-state index < -0.39 is 0 Å². The molecule has 21 heavy (non-hydrogen) atoms. The number of nitrogens with zero attached hydrogens (tertiary/aromatic N) is 1. The fourth-order valence-corrected chi connectivity index (χ4v) is 2.55. The van der Waals surface area contributed by atoms with Gasteiger partial charge in [-0.25, -0.2) is 4.39 Å². The lowest BCUT2D eigenvalue weighted by molar-refractivity contribution is 0.517. The van der Waals surface area contributed by atoms with Gasteiger partial charge < -0.3 is 9.88 Å². The van der Waals surface area contributed by atoms with E-state index in [0.717, 1.165) is 24.9 Å². The van der Waals surface area contributed by atoms with E-state index in [1.165, 1.54) is 11.6 Å². The normalized spacial score (nSPS) is 12.6. The van der Waals surface area contributed by atoms with Crippen LogP contribution in [0.15, 0.2) is 36.7 Å². The molecule has 0 amide bonds. The summed E-state index contributed by atoms with van der Waals surface area (Å²) < 4.78 is 15.5. The predicted octanol–water partition coefficient (Wildman–Crippen LogP) is 4.78. The van der Waals surface area contributed by atoms with Crippen LogP contribution in [0.1, 0.15) is 43.9 Å². The topological polar surface area (TPSA) is 17.0 Å². The minimum atomic E-state index is -0.363. The van der Waals surface area contributed by atoms with Gasteiger partial charge in [0.1, 0.15) is 5.82 Å². The first-order valence-corrected chi connectivity index (χ1v) is 7.84. The van der Waals surface area contributed by atoms with Gasteiger partial charge in [0.15, 0.2) is 0 Å². The summed E-state index contributed by atoms with van der Waals surface area (Å²) in [5, 5.41) is 3.71. The second-order valence-corrected chi connectivity index (χ2v) is 5.69. The molecule has 2 nitrogen and oxygen atoms in total. The van der Waals surface area contributed by atoms with Gasteiger partial charge >= 0.3 is 0 Å². The van der Waals surface area contributed by atoms with Crippen molar-refractivity contribution in [2.24, 2.45) is 0 Å². The maximum absolute atomic E-state index is 13.5. The first-order chi connectivity index (χ1) is 10.1. The molecule has 0 aliphatic heterocycles. The van der Waals surface area contributed by atoms with Crippen LogP contribution in [-0.4, -0.2) is 11.1 Å². The smallest absolute Gasteiger partial charge is 0.142 e. The zero-order valence-corrected chi connectivity index (χ0v) is 13.3. The zero-order valence-electron chi connectivity index (χ0n) is 12.6. The van der Waals surface area contributed by atoms with E-state index in [0.29, 0.717) is 12.6 Å². The highest BCUT2D eigenvalue weighted by Gasteiger charge is 2.10. The van der Waals surface area contributed by atoms with Crippen LogP contribution >= 0.6 is 11.6 Å².